The summed E-state index contributed by atoms with van der Waals surface area (Å²) in [6.07, 6.45) is 4.54. The number of hydrogen-bond donors (Lipinski definition) is 2. The van der Waals surface area contributed by atoms with Crippen molar-refractivity contribution in [1.82, 2.24) is 10.2 Å². The van der Waals surface area contributed by atoms with E-state index >= 15 is 0 Å². The first-order chi connectivity index (χ1) is 11.8. The number of anilines is 1. The summed E-state index contributed by atoms with van der Waals surface area (Å²) in [5.41, 5.74) is 4.15. The summed E-state index contributed by atoms with van der Waals surface area (Å²) in [6, 6.07) is 4.11. The van der Waals surface area contributed by atoms with Gasteiger partial charge < -0.3 is 10.6 Å². The fourth-order valence-corrected chi connectivity index (χ4v) is 2.94. The standard InChI is InChI=1S/C20H33N3O2/c1-6-7-8-9-10-21-18(24)13-23(5)14-19(25)22-20-16(3)11-15(2)12-17(20)4/h11-12H,6-10,13-14H2,1-5H3,(H,21,24)(H,22,25). The van der Waals surface area contributed by atoms with Gasteiger partial charge in [0.2, 0.25) is 11.8 Å². The smallest absolute Gasteiger partial charge is 0.238 e. The molecule has 1 aromatic carbocycles. The van der Waals surface area contributed by atoms with Crippen molar-refractivity contribution in [1.29, 1.82) is 0 Å². The summed E-state index contributed by atoms with van der Waals surface area (Å²) in [5.74, 6) is -0.136. The lowest BCUT2D eigenvalue weighted by molar-refractivity contribution is -0.122. The normalized spacial score (nSPS) is 10.8. The predicted octanol–water partition coefficient (Wildman–Crippen LogP) is 3.18. The van der Waals surface area contributed by atoms with E-state index in [1.165, 1.54) is 18.4 Å². The van der Waals surface area contributed by atoms with E-state index in [4.69, 9.17) is 0 Å². The summed E-state index contributed by atoms with van der Waals surface area (Å²) in [7, 11) is 1.78. The third-order valence-electron chi connectivity index (χ3n) is 4.12. The molecule has 0 aliphatic rings. The summed E-state index contributed by atoms with van der Waals surface area (Å²) >= 11 is 0. The molecule has 0 radical (unpaired) electrons. The number of aryl methyl sites for hydroxylation is 3. The van der Waals surface area contributed by atoms with Gasteiger partial charge in [-0.05, 0) is 45.4 Å². The largest absolute Gasteiger partial charge is 0.355 e. The zero-order valence-electron chi connectivity index (χ0n) is 16.4. The maximum atomic E-state index is 12.2. The SMILES string of the molecule is CCCCCCNC(=O)CN(C)CC(=O)Nc1c(C)cc(C)cc1C. The van der Waals surface area contributed by atoms with E-state index in [9.17, 15) is 9.59 Å². The van der Waals surface area contributed by atoms with Crippen LogP contribution in [0.1, 0.15) is 49.3 Å². The average Bonchev–Trinajstić information content (AvgIpc) is 2.50. The van der Waals surface area contributed by atoms with Crippen LogP contribution >= 0.6 is 0 Å². The number of nitrogens with zero attached hydrogens (tertiary/aromatic N) is 1. The first kappa shape index (κ1) is 21.2. The van der Waals surface area contributed by atoms with Crippen molar-refractivity contribution in [2.24, 2.45) is 0 Å². The molecule has 0 fully saturated rings. The van der Waals surface area contributed by atoms with Crippen LogP contribution < -0.4 is 10.6 Å². The molecule has 2 amide bonds. The molecule has 0 heterocycles. The zero-order chi connectivity index (χ0) is 18.8. The number of carbonyl (C=O) groups excluding carboxylic acids is 2. The maximum absolute atomic E-state index is 12.2. The fourth-order valence-electron chi connectivity index (χ4n) is 2.94. The van der Waals surface area contributed by atoms with E-state index in [1.54, 1.807) is 11.9 Å². The number of benzene rings is 1. The number of hydrogen-bond acceptors (Lipinski definition) is 3. The molecule has 25 heavy (non-hydrogen) atoms. The number of nitrogens with one attached hydrogen (secondary N) is 2. The number of carbonyl (C=O) groups is 2. The van der Waals surface area contributed by atoms with Gasteiger partial charge in [-0.3, -0.25) is 14.5 Å². The van der Waals surface area contributed by atoms with Crippen molar-refractivity contribution in [3.05, 3.63) is 28.8 Å². The van der Waals surface area contributed by atoms with Crippen LogP contribution in [0.15, 0.2) is 12.1 Å². The van der Waals surface area contributed by atoms with Crippen molar-refractivity contribution in [2.75, 3.05) is 32.0 Å². The molecule has 0 aliphatic carbocycles. The van der Waals surface area contributed by atoms with E-state index in [0.29, 0.717) is 6.54 Å². The van der Waals surface area contributed by atoms with Gasteiger partial charge in [-0.2, -0.15) is 0 Å². The second kappa shape index (κ2) is 10.9. The average molecular weight is 348 g/mol. The number of unbranched alkanes of at least 4 members (excludes halogenated alkanes) is 3. The van der Waals surface area contributed by atoms with Crippen LogP contribution in [-0.2, 0) is 9.59 Å². The summed E-state index contributed by atoms with van der Waals surface area (Å²) in [5, 5.41) is 5.87. The van der Waals surface area contributed by atoms with Crippen molar-refractivity contribution in [3.63, 3.8) is 0 Å². The van der Waals surface area contributed by atoms with Crippen molar-refractivity contribution < 1.29 is 9.59 Å². The molecule has 1 rings (SSSR count). The monoisotopic (exact) mass is 347 g/mol. The highest BCUT2D eigenvalue weighted by molar-refractivity contribution is 5.94. The quantitative estimate of drug-likeness (QED) is 0.639. The molecule has 0 atom stereocenters. The molecule has 140 valence electrons. The van der Waals surface area contributed by atoms with Crippen molar-refractivity contribution in [3.8, 4) is 0 Å². The molecular weight excluding hydrogens is 314 g/mol. The van der Waals surface area contributed by atoms with Crippen LogP contribution in [-0.4, -0.2) is 43.4 Å². The second-order valence-electron chi connectivity index (χ2n) is 6.90. The van der Waals surface area contributed by atoms with Gasteiger partial charge in [-0.15, -0.1) is 0 Å². The molecule has 0 aliphatic heterocycles. The lowest BCUT2D eigenvalue weighted by Crippen LogP contribution is -2.39. The van der Waals surface area contributed by atoms with Gasteiger partial charge in [0, 0.05) is 12.2 Å². The second-order valence-corrected chi connectivity index (χ2v) is 6.90. The van der Waals surface area contributed by atoms with E-state index in [-0.39, 0.29) is 24.9 Å². The lowest BCUT2D eigenvalue weighted by atomic mass is 10.1. The van der Waals surface area contributed by atoms with Gasteiger partial charge in [-0.25, -0.2) is 0 Å². The third kappa shape index (κ3) is 8.16. The number of likely N-dealkylation sites (N-methyl/N-ethyl adjacent to an activating group) is 1. The Hall–Kier alpha value is -1.88. The molecular formula is C20H33N3O2. The van der Waals surface area contributed by atoms with Gasteiger partial charge in [0.25, 0.3) is 0 Å². The molecule has 0 bridgehead atoms. The lowest BCUT2D eigenvalue weighted by Gasteiger charge is -2.18. The summed E-state index contributed by atoms with van der Waals surface area (Å²) in [4.78, 5) is 25.9. The minimum atomic E-state index is -0.103. The molecule has 1 aromatic rings. The Balaban J connectivity index is 2.38. The van der Waals surface area contributed by atoms with Gasteiger partial charge in [0.1, 0.15) is 0 Å². The number of rotatable bonds is 10. The molecule has 0 unspecified atom stereocenters. The Morgan fingerprint density at radius 2 is 1.56 bits per heavy atom. The maximum Gasteiger partial charge on any atom is 0.238 e. The van der Waals surface area contributed by atoms with Crippen LogP contribution in [0.2, 0.25) is 0 Å². The van der Waals surface area contributed by atoms with Crippen molar-refractivity contribution in [2.45, 2.75) is 53.4 Å². The van der Waals surface area contributed by atoms with Gasteiger partial charge in [-0.1, -0.05) is 43.9 Å². The number of amides is 2. The molecule has 0 spiro atoms. The highest BCUT2D eigenvalue weighted by atomic mass is 16.2. The predicted molar refractivity (Wildman–Crippen MR) is 104 cm³/mol. The van der Waals surface area contributed by atoms with Crippen LogP contribution in [0.4, 0.5) is 5.69 Å². The minimum Gasteiger partial charge on any atom is -0.355 e. The topological polar surface area (TPSA) is 61.4 Å². The Labute approximate surface area is 152 Å². The van der Waals surface area contributed by atoms with Crippen molar-refractivity contribution >= 4 is 17.5 Å². The minimum absolute atomic E-state index is 0.0329. The summed E-state index contributed by atoms with van der Waals surface area (Å²) < 4.78 is 0. The third-order valence-corrected chi connectivity index (χ3v) is 4.12. The van der Waals surface area contributed by atoms with Gasteiger partial charge in [0.05, 0.1) is 13.1 Å². The molecule has 5 nitrogen and oxygen atoms in total. The Kier molecular flexibility index (Phi) is 9.21. The van der Waals surface area contributed by atoms with E-state index in [2.05, 4.69) is 29.7 Å². The summed E-state index contributed by atoms with van der Waals surface area (Å²) in [6.45, 7) is 9.32. The van der Waals surface area contributed by atoms with Crippen LogP contribution in [0, 0.1) is 20.8 Å². The molecule has 0 saturated carbocycles. The van der Waals surface area contributed by atoms with Crippen LogP contribution in [0.25, 0.3) is 0 Å². The molecule has 2 N–H and O–H groups in total. The fraction of sp³-hybridized carbons (Fsp3) is 0.600. The van der Waals surface area contributed by atoms with Gasteiger partial charge in [0.15, 0.2) is 0 Å². The first-order valence-corrected chi connectivity index (χ1v) is 9.16. The molecule has 0 saturated heterocycles. The Morgan fingerprint density at radius 1 is 0.960 bits per heavy atom. The van der Waals surface area contributed by atoms with Crippen LogP contribution in [0.3, 0.4) is 0 Å². The molecule has 5 heteroatoms. The highest BCUT2D eigenvalue weighted by Crippen LogP contribution is 2.21. The van der Waals surface area contributed by atoms with Crippen LogP contribution in [0.5, 0.6) is 0 Å². The van der Waals surface area contributed by atoms with E-state index in [1.807, 2.05) is 20.8 Å². The molecule has 0 aromatic heterocycles. The Bertz CT molecular complexity index is 561. The first-order valence-electron chi connectivity index (χ1n) is 9.16. The Morgan fingerprint density at radius 3 is 2.16 bits per heavy atom. The zero-order valence-corrected chi connectivity index (χ0v) is 16.4. The van der Waals surface area contributed by atoms with Gasteiger partial charge >= 0.3 is 0 Å². The van der Waals surface area contributed by atoms with E-state index < -0.39 is 0 Å². The van der Waals surface area contributed by atoms with E-state index in [0.717, 1.165) is 29.7 Å². The highest BCUT2D eigenvalue weighted by Gasteiger charge is 2.12.